The molecule has 3 heterocycles. The highest BCUT2D eigenvalue weighted by Gasteiger charge is 2.42. The Labute approximate surface area is 269 Å². The molecule has 5 aromatic rings. The molecule has 2 atom stereocenters. The number of carbonyl (C=O) groups excluding carboxylic acids is 1. The van der Waals surface area contributed by atoms with Gasteiger partial charge in [0.25, 0.3) is 5.91 Å². The fourth-order valence-electron chi connectivity index (χ4n) is 6.47. The molecule has 0 radical (unpaired) electrons. The molecule has 3 aromatic carbocycles. The second kappa shape index (κ2) is 12.6. The molecule has 0 spiro atoms. The van der Waals surface area contributed by atoms with Crippen molar-refractivity contribution in [2.24, 2.45) is 0 Å². The van der Waals surface area contributed by atoms with E-state index in [0.717, 1.165) is 22.8 Å². The third-order valence-electron chi connectivity index (χ3n) is 8.29. The summed E-state index contributed by atoms with van der Waals surface area (Å²) in [4.78, 5) is 19.5. The molecule has 45 heavy (non-hydrogen) atoms. The molecule has 7 nitrogen and oxygen atoms in total. The number of amides is 1. The average molecular weight is 616 g/mol. The summed E-state index contributed by atoms with van der Waals surface area (Å²) in [7, 11) is 0. The van der Waals surface area contributed by atoms with Gasteiger partial charge in [0, 0.05) is 29.0 Å². The number of thiocarbonyl (C=S) groups is 1. The molecule has 0 bridgehead atoms. The molecule has 0 unspecified atom stereocenters. The molecule has 2 N–H and O–H groups in total. The Morgan fingerprint density at radius 3 is 2.27 bits per heavy atom. The lowest BCUT2D eigenvalue weighted by Gasteiger charge is -2.28. The maximum absolute atomic E-state index is 12.6. The Morgan fingerprint density at radius 1 is 0.911 bits per heavy atom. The number of para-hydroxylation sites is 1. The van der Waals surface area contributed by atoms with Gasteiger partial charge >= 0.3 is 0 Å². The van der Waals surface area contributed by atoms with Crippen molar-refractivity contribution < 1.29 is 9.53 Å². The highest BCUT2D eigenvalue weighted by atomic mass is 32.1. The molecule has 1 saturated heterocycles. The van der Waals surface area contributed by atoms with Crippen LogP contribution in [0.3, 0.4) is 0 Å². The number of aryl methyl sites for hydroxylation is 4. The van der Waals surface area contributed by atoms with Gasteiger partial charge in [0.1, 0.15) is 5.75 Å². The number of aromatic nitrogens is 2. The van der Waals surface area contributed by atoms with Crippen molar-refractivity contribution >= 4 is 34.6 Å². The van der Waals surface area contributed by atoms with Crippen molar-refractivity contribution in [3.63, 3.8) is 0 Å². The summed E-state index contributed by atoms with van der Waals surface area (Å²) in [5, 5.41) is 7.12. The highest BCUT2D eigenvalue weighted by Crippen LogP contribution is 2.44. The van der Waals surface area contributed by atoms with E-state index < -0.39 is 0 Å². The summed E-state index contributed by atoms with van der Waals surface area (Å²) in [6, 6.07) is 29.5. The predicted octanol–water partition coefficient (Wildman–Crippen LogP) is 7.61. The number of hydrogen-bond donors (Lipinski definition) is 2. The molecule has 0 aliphatic carbocycles. The number of benzene rings is 3. The molecule has 8 heteroatoms. The summed E-state index contributed by atoms with van der Waals surface area (Å²) in [5.74, 6) is 0.422. The SMILES string of the molecule is Cc1cc(C)c(-n2c(C)cc([C@@H]3[C@H](c4ccccn4)NC(=S)N3c3ccc(NC(=O)COc4ccccc4)cc3)c2C)c(C)c1. The summed E-state index contributed by atoms with van der Waals surface area (Å²) in [6.45, 7) is 10.8. The molecule has 1 amide bonds. The smallest absolute Gasteiger partial charge is 0.262 e. The summed E-state index contributed by atoms with van der Waals surface area (Å²) >= 11 is 5.99. The van der Waals surface area contributed by atoms with E-state index in [4.69, 9.17) is 21.9 Å². The Kier molecular flexibility index (Phi) is 8.41. The number of pyridine rings is 1. The van der Waals surface area contributed by atoms with Crippen molar-refractivity contribution in [1.82, 2.24) is 14.9 Å². The minimum Gasteiger partial charge on any atom is -0.484 e. The van der Waals surface area contributed by atoms with Crippen LogP contribution in [0.25, 0.3) is 5.69 Å². The van der Waals surface area contributed by atoms with Crippen LogP contribution in [0.15, 0.2) is 97.2 Å². The van der Waals surface area contributed by atoms with E-state index in [2.05, 4.69) is 72.9 Å². The monoisotopic (exact) mass is 615 g/mol. The number of nitrogens with one attached hydrogen (secondary N) is 2. The molecule has 6 rings (SSSR count). The summed E-state index contributed by atoms with van der Waals surface area (Å²) in [5.41, 5.74) is 11.0. The van der Waals surface area contributed by atoms with E-state index >= 15 is 0 Å². The average Bonchev–Trinajstić information content (AvgIpc) is 3.52. The first-order chi connectivity index (χ1) is 21.7. The molecule has 1 aliphatic heterocycles. The largest absolute Gasteiger partial charge is 0.484 e. The van der Waals surface area contributed by atoms with E-state index in [1.165, 1.54) is 27.9 Å². The highest BCUT2D eigenvalue weighted by molar-refractivity contribution is 7.80. The molecular formula is C37H37N5O2S. The maximum atomic E-state index is 12.6. The number of anilines is 2. The van der Waals surface area contributed by atoms with Crippen molar-refractivity contribution in [2.75, 3.05) is 16.8 Å². The van der Waals surface area contributed by atoms with Crippen molar-refractivity contribution in [1.29, 1.82) is 0 Å². The van der Waals surface area contributed by atoms with Crippen LogP contribution in [0.1, 0.15) is 51.4 Å². The standard InChI is InChI=1S/C37H37N5O2S/c1-23-19-24(2)35(25(3)20-23)41-26(4)21-31(27(41)5)36-34(32-13-9-10-18-38-32)40-37(45)42(36)29-16-14-28(15-17-29)39-33(43)22-44-30-11-7-6-8-12-30/h6-21,34,36H,22H2,1-5H3,(H,39,43)(H,40,45)/t34-,36+/m0/s1. The van der Waals surface area contributed by atoms with E-state index in [-0.39, 0.29) is 24.6 Å². The summed E-state index contributed by atoms with van der Waals surface area (Å²) < 4.78 is 7.96. The van der Waals surface area contributed by atoms with Gasteiger partial charge in [-0.2, -0.15) is 0 Å². The van der Waals surface area contributed by atoms with E-state index in [1.807, 2.05) is 79.0 Å². The topological polar surface area (TPSA) is 71.4 Å². The third kappa shape index (κ3) is 6.06. The van der Waals surface area contributed by atoms with Crippen molar-refractivity contribution in [3.05, 3.63) is 137 Å². The van der Waals surface area contributed by atoms with Crippen molar-refractivity contribution in [2.45, 2.75) is 46.7 Å². The lowest BCUT2D eigenvalue weighted by Crippen LogP contribution is -2.29. The van der Waals surface area contributed by atoms with Crippen LogP contribution >= 0.6 is 12.2 Å². The molecule has 1 aliphatic rings. The van der Waals surface area contributed by atoms with Crippen LogP contribution in [-0.4, -0.2) is 27.2 Å². The van der Waals surface area contributed by atoms with Crippen molar-refractivity contribution in [3.8, 4) is 11.4 Å². The fraction of sp³-hybridized carbons (Fsp3) is 0.216. The van der Waals surface area contributed by atoms with Crippen LogP contribution in [0.4, 0.5) is 11.4 Å². The van der Waals surface area contributed by atoms with Gasteiger partial charge in [0.2, 0.25) is 0 Å². The Bertz CT molecular complexity index is 1830. The first-order valence-electron chi connectivity index (χ1n) is 15.1. The predicted molar refractivity (Wildman–Crippen MR) is 184 cm³/mol. The fourth-order valence-corrected chi connectivity index (χ4v) is 6.82. The minimum atomic E-state index is -0.229. The van der Waals surface area contributed by atoms with Gasteiger partial charge in [0.05, 0.1) is 23.5 Å². The van der Waals surface area contributed by atoms with Gasteiger partial charge in [-0.15, -0.1) is 0 Å². The van der Waals surface area contributed by atoms with Gasteiger partial charge in [-0.25, -0.2) is 0 Å². The van der Waals surface area contributed by atoms with E-state index in [1.54, 1.807) is 0 Å². The zero-order valence-electron chi connectivity index (χ0n) is 26.2. The van der Waals surface area contributed by atoms with Gasteiger partial charge in [-0.3, -0.25) is 9.78 Å². The number of nitrogens with zero attached hydrogens (tertiary/aromatic N) is 3. The summed E-state index contributed by atoms with van der Waals surface area (Å²) in [6.07, 6.45) is 1.82. The minimum absolute atomic E-state index is 0.0741. The lowest BCUT2D eigenvalue weighted by atomic mass is 9.96. The number of hydrogen-bond acceptors (Lipinski definition) is 4. The third-order valence-corrected chi connectivity index (χ3v) is 8.60. The first-order valence-corrected chi connectivity index (χ1v) is 15.5. The normalized spacial score (nSPS) is 16.0. The van der Waals surface area contributed by atoms with E-state index in [0.29, 0.717) is 16.5 Å². The second-order valence-corrected chi connectivity index (χ2v) is 12.0. The Balaban J connectivity index is 1.33. The molecule has 0 saturated carbocycles. The molecule has 2 aromatic heterocycles. The van der Waals surface area contributed by atoms with Gasteiger partial charge in [0.15, 0.2) is 11.7 Å². The van der Waals surface area contributed by atoms with Crippen LogP contribution in [-0.2, 0) is 4.79 Å². The van der Waals surface area contributed by atoms with Crippen LogP contribution in [0.5, 0.6) is 5.75 Å². The van der Waals surface area contributed by atoms with Gasteiger partial charge in [-0.05, 0) is 118 Å². The second-order valence-electron chi connectivity index (χ2n) is 11.6. The molecule has 1 fully saturated rings. The zero-order valence-corrected chi connectivity index (χ0v) is 27.0. The van der Waals surface area contributed by atoms with Crippen LogP contribution in [0.2, 0.25) is 0 Å². The van der Waals surface area contributed by atoms with Gasteiger partial charge in [-0.1, -0.05) is 42.0 Å². The Morgan fingerprint density at radius 2 is 1.60 bits per heavy atom. The Hall–Kier alpha value is -4.95. The van der Waals surface area contributed by atoms with Crippen LogP contribution in [0, 0.1) is 34.6 Å². The van der Waals surface area contributed by atoms with Crippen LogP contribution < -0.4 is 20.3 Å². The molecular weight excluding hydrogens is 579 g/mol. The van der Waals surface area contributed by atoms with Gasteiger partial charge < -0.3 is 24.8 Å². The number of rotatable bonds is 8. The molecule has 228 valence electrons. The lowest BCUT2D eigenvalue weighted by molar-refractivity contribution is -0.118. The number of carbonyl (C=O) groups is 1. The quantitative estimate of drug-likeness (QED) is 0.175. The zero-order chi connectivity index (χ0) is 31.7. The number of ether oxygens (including phenoxy) is 1. The maximum Gasteiger partial charge on any atom is 0.262 e. The van der Waals surface area contributed by atoms with E-state index in [9.17, 15) is 4.79 Å². The first kappa shape index (κ1) is 30.1.